The van der Waals surface area contributed by atoms with Crippen molar-refractivity contribution in [3.8, 4) is 78.4 Å². The van der Waals surface area contributed by atoms with Crippen molar-refractivity contribution in [1.29, 1.82) is 0 Å². The summed E-state index contributed by atoms with van der Waals surface area (Å²) in [7, 11) is 1.97. The number of imidazole rings is 1. The third kappa shape index (κ3) is 7.93. The van der Waals surface area contributed by atoms with Crippen molar-refractivity contribution in [2.24, 2.45) is 7.05 Å². The van der Waals surface area contributed by atoms with Gasteiger partial charge >= 0.3 is 20.1 Å². The van der Waals surface area contributed by atoms with Gasteiger partial charge in [-0.25, -0.2) is 0 Å². The zero-order valence-corrected chi connectivity index (χ0v) is 36.1. The predicted octanol–water partition coefficient (Wildman–Crippen LogP) is 13.9. The summed E-state index contributed by atoms with van der Waals surface area (Å²) in [6, 6.07) is 72.2. The van der Waals surface area contributed by atoms with Crippen LogP contribution in [0.4, 0.5) is 0 Å². The van der Waals surface area contributed by atoms with Crippen LogP contribution in [0.25, 0.3) is 100 Å². The Bertz CT molecular complexity index is 3100. The Morgan fingerprint density at radius 3 is 1.73 bits per heavy atom. The molecule has 11 rings (SSSR count). The molecule has 0 bridgehead atoms. The Kier molecular flexibility index (Phi) is 11.6. The first kappa shape index (κ1) is 39.9. The van der Waals surface area contributed by atoms with Crippen LogP contribution in [0.1, 0.15) is 0 Å². The smallest absolute Gasteiger partial charge is 0.501 e. The summed E-state index contributed by atoms with van der Waals surface area (Å²) in [6.45, 7) is 0. The van der Waals surface area contributed by atoms with Gasteiger partial charge in [-0.05, 0) is 56.9 Å². The standard InChI is InChI=1S/C40H26N2.C16H11N2O.Ir/c1-2-12-30(13-3-1)40-26-25-32(28-42-40)34-15-5-7-17-36(34)38-19-9-8-18-37(38)35-16-6-4-14-33(35)29-21-23-31(24-22-29)39-20-10-11-27-41-39;1-18-10-9-17-16(18)13-7-4-6-12-11-5-2-3-8-14(11)19-15(12)13;/h1-12,14-23,25-28H;2-6,8-10H,1H3;/q-2;-1;+3. The van der Waals surface area contributed by atoms with Crippen LogP contribution in [0.2, 0.25) is 0 Å². The van der Waals surface area contributed by atoms with Gasteiger partial charge in [-0.15, -0.1) is 83.9 Å². The third-order valence-electron chi connectivity index (χ3n) is 10.9. The van der Waals surface area contributed by atoms with Crippen molar-refractivity contribution in [1.82, 2.24) is 19.5 Å². The van der Waals surface area contributed by atoms with Gasteiger partial charge in [0, 0.05) is 37.2 Å². The summed E-state index contributed by atoms with van der Waals surface area (Å²) >= 11 is 0. The molecule has 5 nitrogen and oxygen atoms in total. The number of furan rings is 1. The van der Waals surface area contributed by atoms with Crippen LogP contribution in [0.3, 0.4) is 0 Å². The number of hydrogen-bond donors (Lipinski definition) is 0. The molecule has 0 atom stereocenters. The first-order valence-electron chi connectivity index (χ1n) is 20.1. The summed E-state index contributed by atoms with van der Waals surface area (Å²) in [5.74, 6) is 0.865. The van der Waals surface area contributed by atoms with Gasteiger partial charge < -0.3 is 19.0 Å². The SMILES string of the molecule is Cn1ccnc1-c1[c-]ccc2c1oc1ccccc12.[Ir+3].[c-]1cc(-c2ccccc2-c2ccccc2-c2ccccc2-c2ccc(-c3[c-]cccc3)nc2)ccc1-c1ccccn1. The summed E-state index contributed by atoms with van der Waals surface area (Å²) in [6.07, 6.45) is 7.48. The van der Waals surface area contributed by atoms with Crippen LogP contribution in [-0.2, 0) is 27.2 Å². The van der Waals surface area contributed by atoms with Gasteiger partial charge in [0.05, 0.1) is 11.4 Å². The first-order valence-corrected chi connectivity index (χ1v) is 20.1. The van der Waals surface area contributed by atoms with Crippen molar-refractivity contribution >= 4 is 21.9 Å². The monoisotopic (exact) mass is 974 g/mol. The topological polar surface area (TPSA) is 56.7 Å². The molecule has 4 heterocycles. The van der Waals surface area contributed by atoms with Gasteiger partial charge in [0.1, 0.15) is 5.58 Å². The van der Waals surface area contributed by atoms with E-state index in [1.807, 2.05) is 103 Å². The van der Waals surface area contributed by atoms with Crippen LogP contribution in [0.15, 0.2) is 211 Å². The van der Waals surface area contributed by atoms with E-state index in [-0.39, 0.29) is 20.1 Å². The second kappa shape index (κ2) is 18.0. The van der Waals surface area contributed by atoms with E-state index >= 15 is 0 Å². The molecule has 62 heavy (non-hydrogen) atoms. The second-order valence-electron chi connectivity index (χ2n) is 14.6. The molecule has 0 unspecified atom stereocenters. The molecular weight excluding hydrogens is 937 g/mol. The summed E-state index contributed by atoms with van der Waals surface area (Å²) in [5, 5.41) is 2.23. The zero-order chi connectivity index (χ0) is 41.0. The minimum atomic E-state index is 0. The largest absolute Gasteiger partial charge is 3.00 e. The number of para-hydroxylation sites is 1. The van der Waals surface area contributed by atoms with E-state index in [0.717, 1.165) is 78.1 Å². The fraction of sp³-hybridized carbons (Fsp3) is 0.0179. The number of pyridine rings is 2. The van der Waals surface area contributed by atoms with Crippen LogP contribution in [-0.4, -0.2) is 19.5 Å². The van der Waals surface area contributed by atoms with Gasteiger partial charge in [-0.3, -0.25) is 4.98 Å². The van der Waals surface area contributed by atoms with Crippen molar-refractivity contribution < 1.29 is 24.5 Å². The van der Waals surface area contributed by atoms with E-state index < -0.39 is 0 Å². The molecule has 0 saturated heterocycles. The Morgan fingerprint density at radius 1 is 0.468 bits per heavy atom. The molecular formula is C56H37IrN4O. The molecule has 4 aromatic heterocycles. The molecule has 0 aliphatic heterocycles. The Balaban J connectivity index is 0.000000204. The number of fused-ring (bicyclic) bond motifs is 3. The Hall–Kier alpha value is -7.50. The number of hydrogen-bond acceptors (Lipinski definition) is 4. The average molecular weight is 974 g/mol. The molecule has 7 aromatic carbocycles. The van der Waals surface area contributed by atoms with Crippen LogP contribution in [0, 0.1) is 18.2 Å². The maximum Gasteiger partial charge on any atom is 3.00 e. The fourth-order valence-electron chi connectivity index (χ4n) is 7.89. The molecule has 11 aromatic rings. The fourth-order valence-corrected chi connectivity index (χ4v) is 7.89. The average Bonchev–Trinajstić information content (AvgIpc) is 3.96. The summed E-state index contributed by atoms with van der Waals surface area (Å²) in [5.41, 5.74) is 15.7. The molecule has 6 heteroatoms. The number of benzene rings is 7. The van der Waals surface area contributed by atoms with Crippen LogP contribution in [0.5, 0.6) is 0 Å². The Morgan fingerprint density at radius 2 is 1.10 bits per heavy atom. The number of rotatable bonds is 7. The van der Waals surface area contributed by atoms with Gasteiger partial charge in [-0.2, -0.15) is 0 Å². The van der Waals surface area contributed by atoms with Crippen molar-refractivity contribution in [3.63, 3.8) is 0 Å². The molecule has 0 saturated carbocycles. The molecule has 296 valence electrons. The summed E-state index contributed by atoms with van der Waals surface area (Å²) < 4.78 is 7.95. The molecule has 0 radical (unpaired) electrons. The third-order valence-corrected chi connectivity index (χ3v) is 10.9. The van der Waals surface area contributed by atoms with Gasteiger partial charge in [0.15, 0.2) is 0 Å². The van der Waals surface area contributed by atoms with E-state index in [9.17, 15) is 0 Å². The number of nitrogens with zero attached hydrogens (tertiary/aromatic N) is 4. The normalized spacial score (nSPS) is 10.9. The first-order chi connectivity index (χ1) is 30.2. The van der Waals surface area contributed by atoms with E-state index in [1.54, 1.807) is 6.20 Å². The summed E-state index contributed by atoms with van der Waals surface area (Å²) in [4.78, 5) is 13.6. The minimum Gasteiger partial charge on any atom is -0.501 e. The quantitative estimate of drug-likeness (QED) is 0.149. The van der Waals surface area contributed by atoms with E-state index in [0.29, 0.717) is 0 Å². The number of aryl methyl sites for hydroxylation is 1. The van der Waals surface area contributed by atoms with Gasteiger partial charge in [-0.1, -0.05) is 137 Å². The Labute approximate surface area is 374 Å². The van der Waals surface area contributed by atoms with Crippen LogP contribution < -0.4 is 0 Å². The zero-order valence-electron chi connectivity index (χ0n) is 33.7. The van der Waals surface area contributed by atoms with E-state index in [2.05, 4.69) is 137 Å². The van der Waals surface area contributed by atoms with Gasteiger partial charge in [0.2, 0.25) is 0 Å². The maximum absolute atomic E-state index is 5.98. The van der Waals surface area contributed by atoms with Crippen molar-refractivity contribution in [2.45, 2.75) is 0 Å². The van der Waals surface area contributed by atoms with Crippen molar-refractivity contribution in [3.05, 3.63) is 225 Å². The molecule has 0 N–H and O–H groups in total. The predicted molar refractivity (Wildman–Crippen MR) is 247 cm³/mol. The second-order valence-corrected chi connectivity index (χ2v) is 14.6. The molecule has 0 aliphatic rings. The van der Waals surface area contributed by atoms with E-state index in [1.165, 1.54) is 22.3 Å². The van der Waals surface area contributed by atoms with Crippen molar-refractivity contribution in [2.75, 3.05) is 0 Å². The van der Waals surface area contributed by atoms with Crippen LogP contribution >= 0.6 is 0 Å². The molecule has 0 aliphatic carbocycles. The molecule has 0 amide bonds. The number of aromatic nitrogens is 4. The molecule has 0 spiro atoms. The van der Waals surface area contributed by atoms with Gasteiger partial charge in [0.25, 0.3) is 0 Å². The van der Waals surface area contributed by atoms with E-state index in [4.69, 9.17) is 9.40 Å². The maximum atomic E-state index is 5.98. The minimum absolute atomic E-state index is 0. The molecule has 0 fully saturated rings.